The minimum atomic E-state index is -0.232. The Bertz CT molecular complexity index is 1020. The summed E-state index contributed by atoms with van der Waals surface area (Å²) in [5, 5.41) is 25.1. The number of ether oxygens (including phenoxy) is 1. The van der Waals surface area contributed by atoms with Crippen LogP contribution in [0.5, 0.6) is 0 Å². The molecule has 7 nitrogen and oxygen atoms in total. The predicted octanol–water partition coefficient (Wildman–Crippen LogP) is 3.84. The second-order valence-electron chi connectivity index (χ2n) is 6.95. The van der Waals surface area contributed by atoms with E-state index in [0.29, 0.717) is 50.9 Å². The molecule has 0 spiro atoms. The van der Waals surface area contributed by atoms with Crippen molar-refractivity contribution in [2.45, 2.75) is 38.8 Å². The average Bonchev–Trinajstić information content (AvgIpc) is 3.34. The molecule has 30 heavy (non-hydrogen) atoms. The van der Waals surface area contributed by atoms with Gasteiger partial charge in [0.1, 0.15) is 5.01 Å². The van der Waals surface area contributed by atoms with E-state index in [1.807, 2.05) is 29.6 Å². The molecule has 0 radical (unpaired) electrons. The van der Waals surface area contributed by atoms with Gasteiger partial charge in [-0.1, -0.05) is 23.7 Å². The maximum Gasteiger partial charge on any atom is 0.229 e. The fourth-order valence-corrected chi connectivity index (χ4v) is 4.93. The summed E-state index contributed by atoms with van der Waals surface area (Å²) >= 11 is 8.48. The van der Waals surface area contributed by atoms with Crippen molar-refractivity contribution in [1.29, 1.82) is 0 Å². The second kappa shape index (κ2) is 9.51. The molecule has 10 heteroatoms. The highest BCUT2D eigenvalue weighted by atomic mass is 35.5. The molecule has 0 aliphatic heterocycles. The maximum atomic E-state index is 12.5. The fourth-order valence-electron chi connectivity index (χ4n) is 3.13. The number of carbonyl (C=O) groups excluding carboxylic acids is 1. The molecule has 1 saturated carbocycles. The minimum Gasteiger partial charge on any atom is -0.390 e. The normalized spacial score (nSPS) is 18.2. The molecule has 1 aliphatic rings. The number of aliphatic hydroxyl groups is 2. The maximum absolute atomic E-state index is 12.5. The van der Waals surface area contributed by atoms with Gasteiger partial charge in [-0.05, 0) is 30.5 Å². The lowest BCUT2D eigenvalue weighted by molar-refractivity contribution is -0.129. The van der Waals surface area contributed by atoms with Crippen LogP contribution in [-0.4, -0.2) is 32.2 Å². The Morgan fingerprint density at radius 2 is 1.97 bits per heavy atom. The predicted molar refractivity (Wildman–Crippen MR) is 116 cm³/mol. The Labute approximate surface area is 186 Å². The summed E-state index contributed by atoms with van der Waals surface area (Å²) in [5.74, 6) is -0.157. The zero-order valence-corrected chi connectivity index (χ0v) is 18.3. The molecule has 3 aromatic rings. The number of thiazole rings is 2. The van der Waals surface area contributed by atoms with Gasteiger partial charge >= 0.3 is 0 Å². The van der Waals surface area contributed by atoms with Crippen molar-refractivity contribution in [3.05, 3.63) is 50.9 Å². The quantitative estimate of drug-likeness (QED) is 0.467. The number of hydrogen-bond acceptors (Lipinski definition) is 8. The van der Waals surface area contributed by atoms with Crippen molar-refractivity contribution < 1.29 is 19.7 Å². The number of anilines is 1. The van der Waals surface area contributed by atoms with Gasteiger partial charge < -0.3 is 20.3 Å². The molecular weight excluding hydrogens is 446 g/mol. The van der Waals surface area contributed by atoms with E-state index in [1.165, 1.54) is 22.7 Å². The number of aliphatic hydroxyl groups excluding tert-OH is 2. The van der Waals surface area contributed by atoms with Crippen LogP contribution < -0.4 is 5.32 Å². The first-order chi connectivity index (χ1) is 14.6. The van der Waals surface area contributed by atoms with Gasteiger partial charge in [0.15, 0.2) is 5.13 Å². The first-order valence-electron chi connectivity index (χ1n) is 9.38. The van der Waals surface area contributed by atoms with E-state index >= 15 is 0 Å². The molecule has 0 bridgehead atoms. The Morgan fingerprint density at radius 1 is 1.20 bits per heavy atom. The molecule has 0 unspecified atom stereocenters. The molecule has 1 aromatic carbocycles. The van der Waals surface area contributed by atoms with Gasteiger partial charge in [0.05, 0.1) is 42.2 Å². The molecule has 3 N–H and O–H groups in total. The second-order valence-corrected chi connectivity index (χ2v) is 9.33. The van der Waals surface area contributed by atoms with E-state index in [2.05, 4.69) is 15.3 Å². The smallest absolute Gasteiger partial charge is 0.229 e. The molecule has 1 aliphatic carbocycles. The van der Waals surface area contributed by atoms with Gasteiger partial charge in [0.2, 0.25) is 5.91 Å². The highest BCUT2D eigenvalue weighted by Gasteiger charge is 2.35. The Hall–Kier alpha value is -1.88. The topological polar surface area (TPSA) is 105 Å². The lowest BCUT2D eigenvalue weighted by atomic mass is 9.81. The fraction of sp³-hybridized carbons (Fsp3) is 0.350. The molecule has 2 heterocycles. The van der Waals surface area contributed by atoms with Crippen LogP contribution in [0.25, 0.3) is 10.6 Å². The van der Waals surface area contributed by atoms with Crippen molar-refractivity contribution >= 4 is 45.3 Å². The van der Waals surface area contributed by atoms with Crippen molar-refractivity contribution in [2.24, 2.45) is 5.92 Å². The minimum absolute atomic E-state index is 0.0648. The number of amides is 1. The number of carbonyl (C=O) groups is 1. The van der Waals surface area contributed by atoms with Crippen LogP contribution >= 0.6 is 34.3 Å². The first kappa shape index (κ1) is 21.4. The number of nitrogens with zero attached hydrogens (tertiary/aromatic N) is 2. The monoisotopic (exact) mass is 465 g/mol. The molecule has 158 valence electrons. The van der Waals surface area contributed by atoms with Gasteiger partial charge in [0, 0.05) is 16.3 Å². The molecular formula is C20H20ClN3O4S2. The summed E-state index contributed by atoms with van der Waals surface area (Å²) < 4.78 is 5.85. The summed E-state index contributed by atoms with van der Waals surface area (Å²) in [4.78, 5) is 21.8. The van der Waals surface area contributed by atoms with Gasteiger partial charge in [-0.25, -0.2) is 9.97 Å². The van der Waals surface area contributed by atoms with E-state index in [9.17, 15) is 15.0 Å². The first-order valence-corrected chi connectivity index (χ1v) is 11.5. The summed E-state index contributed by atoms with van der Waals surface area (Å²) in [5.41, 5.74) is 2.17. The third-order valence-corrected chi connectivity index (χ3v) is 6.97. The van der Waals surface area contributed by atoms with Crippen LogP contribution in [0.3, 0.4) is 0 Å². The van der Waals surface area contributed by atoms with Crippen LogP contribution in [0, 0.1) is 5.92 Å². The Balaban J connectivity index is 1.27. The Kier molecular flexibility index (Phi) is 6.77. The van der Waals surface area contributed by atoms with Crippen molar-refractivity contribution in [1.82, 2.24) is 9.97 Å². The number of benzene rings is 1. The zero-order valence-electron chi connectivity index (χ0n) is 15.9. The summed E-state index contributed by atoms with van der Waals surface area (Å²) in [6.45, 7) is 0.0861. The van der Waals surface area contributed by atoms with Crippen LogP contribution in [0.4, 0.5) is 5.13 Å². The highest BCUT2D eigenvalue weighted by Crippen LogP contribution is 2.35. The van der Waals surface area contributed by atoms with Gasteiger partial charge in [-0.3, -0.25) is 4.79 Å². The van der Waals surface area contributed by atoms with E-state index in [-0.39, 0.29) is 31.1 Å². The van der Waals surface area contributed by atoms with Gasteiger partial charge in [-0.15, -0.1) is 22.7 Å². The van der Waals surface area contributed by atoms with E-state index < -0.39 is 0 Å². The lowest BCUT2D eigenvalue weighted by Gasteiger charge is -2.33. The van der Waals surface area contributed by atoms with Crippen LogP contribution in [0.1, 0.15) is 29.1 Å². The zero-order chi connectivity index (χ0) is 21.1. The standard InChI is InChI=1S/C20H20ClN3O4S2/c21-13-3-1-11(2-4-13)9-28-14-5-12(6-14)19(27)24-20-23-16(10-29-20)18-15(7-25)22-17(8-26)30-18/h1-4,10,12,14,25-26H,5-9H2,(H,23,24,27). The molecule has 1 amide bonds. The lowest BCUT2D eigenvalue weighted by Crippen LogP contribution is -2.39. The van der Waals surface area contributed by atoms with Crippen molar-refractivity contribution in [2.75, 3.05) is 5.32 Å². The van der Waals surface area contributed by atoms with Crippen LogP contribution in [0.2, 0.25) is 5.02 Å². The molecule has 4 rings (SSSR count). The Morgan fingerprint density at radius 3 is 2.67 bits per heavy atom. The third kappa shape index (κ3) is 4.88. The number of hydrogen-bond donors (Lipinski definition) is 3. The molecule has 1 fully saturated rings. The number of nitrogens with one attached hydrogen (secondary N) is 1. The number of rotatable bonds is 8. The van der Waals surface area contributed by atoms with Gasteiger partial charge in [0.25, 0.3) is 0 Å². The summed E-state index contributed by atoms with van der Waals surface area (Å²) in [6.07, 6.45) is 1.44. The van der Waals surface area contributed by atoms with E-state index in [0.717, 1.165) is 5.56 Å². The number of aromatic nitrogens is 2. The van der Waals surface area contributed by atoms with Crippen molar-refractivity contribution in [3.63, 3.8) is 0 Å². The molecule has 0 atom stereocenters. The average molecular weight is 466 g/mol. The summed E-state index contributed by atoms with van der Waals surface area (Å²) in [6, 6.07) is 7.53. The highest BCUT2D eigenvalue weighted by molar-refractivity contribution is 7.17. The SMILES string of the molecule is O=C(Nc1nc(-c2sc(CO)nc2CO)cs1)C1CC(OCc2ccc(Cl)cc2)C1. The van der Waals surface area contributed by atoms with Crippen LogP contribution in [0.15, 0.2) is 29.6 Å². The molecule has 2 aromatic heterocycles. The largest absolute Gasteiger partial charge is 0.390 e. The number of halogens is 1. The summed E-state index contributed by atoms with van der Waals surface area (Å²) in [7, 11) is 0. The van der Waals surface area contributed by atoms with Crippen LogP contribution in [-0.2, 0) is 29.4 Å². The molecule has 0 saturated heterocycles. The van der Waals surface area contributed by atoms with E-state index in [4.69, 9.17) is 16.3 Å². The van der Waals surface area contributed by atoms with E-state index in [1.54, 1.807) is 0 Å². The van der Waals surface area contributed by atoms with Crippen molar-refractivity contribution in [3.8, 4) is 10.6 Å². The third-order valence-electron chi connectivity index (χ3n) is 4.86. The van der Waals surface area contributed by atoms with Gasteiger partial charge in [-0.2, -0.15) is 0 Å².